The van der Waals surface area contributed by atoms with Crippen molar-refractivity contribution in [1.82, 2.24) is 4.98 Å². The first-order valence-corrected chi connectivity index (χ1v) is 5.75. The molecule has 0 spiro atoms. The lowest BCUT2D eigenvalue weighted by Gasteiger charge is -2.06. The van der Waals surface area contributed by atoms with Crippen molar-refractivity contribution >= 4 is 24.2 Å². The summed E-state index contributed by atoms with van der Waals surface area (Å²) in [5, 5.41) is 29.0. The number of aromatic nitrogens is 1. The smallest absolute Gasteiger partial charge is 0.423 e. The summed E-state index contributed by atoms with van der Waals surface area (Å²) in [7, 11) is -1.93. The molecular weight excluding hydrogens is 279 g/mol. The van der Waals surface area contributed by atoms with Gasteiger partial charge in [0.2, 0.25) is 0 Å². The fourth-order valence-corrected chi connectivity index (χ4v) is 1.58. The summed E-state index contributed by atoms with van der Waals surface area (Å²) in [6, 6.07) is 5.96. The molecule has 1 heterocycles. The van der Waals surface area contributed by atoms with Gasteiger partial charge in [0.05, 0.1) is 10.5 Å². The molecule has 0 unspecified atom stereocenters. The van der Waals surface area contributed by atoms with Crippen molar-refractivity contribution in [3.8, 4) is 5.75 Å². The van der Waals surface area contributed by atoms with Crippen LogP contribution in [-0.4, -0.2) is 33.0 Å². The highest BCUT2D eigenvalue weighted by Crippen LogP contribution is 2.15. The van der Waals surface area contributed by atoms with Crippen LogP contribution in [0.15, 0.2) is 42.7 Å². The molecule has 2 rings (SSSR count). The van der Waals surface area contributed by atoms with E-state index < -0.39 is 23.7 Å². The number of carbonyl (C=O) groups excluding carboxylic acids is 1. The number of hydrogen-bond donors (Lipinski definition) is 2. The second kappa shape index (κ2) is 6.12. The topological polar surface area (TPSA) is 123 Å². The number of hydrogen-bond acceptors (Lipinski definition) is 7. The lowest BCUT2D eigenvalue weighted by Crippen LogP contribution is -2.31. The molecule has 0 fully saturated rings. The Balaban J connectivity index is 2.34. The molecule has 1 aromatic heterocycles. The van der Waals surface area contributed by atoms with Crippen molar-refractivity contribution < 1.29 is 24.5 Å². The minimum Gasteiger partial charge on any atom is -0.423 e. The zero-order chi connectivity index (χ0) is 15.4. The van der Waals surface area contributed by atoms with Gasteiger partial charge in [-0.2, -0.15) is 0 Å². The van der Waals surface area contributed by atoms with Gasteiger partial charge in [0.1, 0.15) is 5.75 Å². The molecule has 1 aromatic carbocycles. The predicted octanol–water partition coefficient (Wildman–Crippen LogP) is -0.111. The summed E-state index contributed by atoms with van der Waals surface area (Å²) in [5.41, 5.74) is -0.780. The van der Waals surface area contributed by atoms with Gasteiger partial charge < -0.3 is 14.8 Å². The molecule has 0 aliphatic rings. The number of nitrogens with zero attached hydrogens (tertiary/aromatic N) is 2. The van der Waals surface area contributed by atoms with Crippen LogP contribution in [0, 0.1) is 10.1 Å². The van der Waals surface area contributed by atoms with Crippen molar-refractivity contribution in [2.45, 2.75) is 0 Å². The van der Waals surface area contributed by atoms with E-state index in [1.165, 1.54) is 24.5 Å². The molecular formula is C12H9BN2O6. The fourth-order valence-electron chi connectivity index (χ4n) is 1.58. The molecule has 2 N–H and O–H groups in total. The number of rotatable bonds is 4. The van der Waals surface area contributed by atoms with E-state index in [-0.39, 0.29) is 16.8 Å². The van der Waals surface area contributed by atoms with Crippen molar-refractivity contribution in [2.75, 3.05) is 0 Å². The molecule has 0 radical (unpaired) electrons. The Hall–Kier alpha value is -2.78. The Bertz CT molecular complexity index is 677. The van der Waals surface area contributed by atoms with Crippen LogP contribution >= 0.6 is 0 Å². The van der Waals surface area contributed by atoms with Crippen LogP contribution in [-0.2, 0) is 0 Å². The van der Waals surface area contributed by atoms with E-state index in [4.69, 9.17) is 14.8 Å². The summed E-state index contributed by atoms with van der Waals surface area (Å²) in [6.07, 6.45) is 2.83. The summed E-state index contributed by atoms with van der Waals surface area (Å²) in [5.74, 6) is -0.639. The van der Waals surface area contributed by atoms with Gasteiger partial charge in [-0.3, -0.25) is 15.1 Å². The van der Waals surface area contributed by atoms with Crippen LogP contribution in [0.25, 0.3) is 0 Å². The summed E-state index contributed by atoms with van der Waals surface area (Å²) in [4.78, 5) is 25.7. The molecule has 0 amide bonds. The van der Waals surface area contributed by atoms with Crippen molar-refractivity contribution in [2.24, 2.45) is 0 Å². The van der Waals surface area contributed by atoms with E-state index in [2.05, 4.69) is 4.98 Å². The Morgan fingerprint density at radius 3 is 2.48 bits per heavy atom. The highest BCUT2D eigenvalue weighted by Gasteiger charge is 2.21. The monoisotopic (exact) mass is 288 g/mol. The number of benzene rings is 1. The van der Waals surface area contributed by atoms with Gasteiger partial charge in [-0.1, -0.05) is 0 Å². The molecule has 0 aliphatic heterocycles. The average molecular weight is 288 g/mol. The maximum Gasteiger partial charge on any atom is 0.488 e. The van der Waals surface area contributed by atoms with Crippen LogP contribution in [0.1, 0.15) is 10.4 Å². The highest BCUT2D eigenvalue weighted by molar-refractivity contribution is 6.58. The molecule has 0 bridgehead atoms. The van der Waals surface area contributed by atoms with Gasteiger partial charge in [0.15, 0.2) is 0 Å². The first-order chi connectivity index (χ1) is 9.97. The highest BCUT2D eigenvalue weighted by atomic mass is 16.6. The lowest BCUT2D eigenvalue weighted by atomic mass is 9.79. The third-order valence-corrected chi connectivity index (χ3v) is 2.55. The molecule has 8 nitrogen and oxygen atoms in total. The van der Waals surface area contributed by atoms with E-state index in [9.17, 15) is 14.9 Å². The first-order valence-electron chi connectivity index (χ1n) is 5.75. The Morgan fingerprint density at radius 2 is 1.90 bits per heavy atom. The van der Waals surface area contributed by atoms with Crippen molar-refractivity contribution in [1.29, 1.82) is 0 Å². The van der Waals surface area contributed by atoms with Gasteiger partial charge in [-0.25, -0.2) is 4.79 Å². The van der Waals surface area contributed by atoms with Crippen LogP contribution in [0.5, 0.6) is 5.75 Å². The standard InChI is InChI=1S/C12H9BN2O6/c16-12(21-11-1-3-14-4-2-11)8-5-9(13(17)18)7-10(6-8)15(19)20/h1-7,17-18H. The molecule has 0 saturated heterocycles. The number of nitro benzene ring substituents is 1. The summed E-state index contributed by atoms with van der Waals surface area (Å²) in [6.45, 7) is 0. The van der Waals surface area contributed by atoms with Gasteiger partial charge in [-0.15, -0.1) is 0 Å². The number of pyridine rings is 1. The Labute approximate surface area is 118 Å². The quantitative estimate of drug-likeness (QED) is 0.348. The number of carbonyl (C=O) groups is 1. The molecule has 0 saturated carbocycles. The second-order valence-corrected chi connectivity index (χ2v) is 4.02. The lowest BCUT2D eigenvalue weighted by molar-refractivity contribution is -0.384. The Morgan fingerprint density at radius 1 is 1.24 bits per heavy atom. The van der Waals surface area contributed by atoms with Crippen LogP contribution in [0.2, 0.25) is 0 Å². The third kappa shape index (κ3) is 3.62. The minimum absolute atomic E-state index is 0.163. The van der Waals surface area contributed by atoms with E-state index in [0.29, 0.717) is 0 Å². The SMILES string of the molecule is O=C(Oc1ccncc1)c1cc(B(O)O)cc([N+](=O)[O-])c1. The first kappa shape index (κ1) is 14.6. The number of non-ortho nitro benzene ring substituents is 1. The number of ether oxygens (including phenoxy) is 1. The predicted molar refractivity (Wildman–Crippen MR) is 72.1 cm³/mol. The van der Waals surface area contributed by atoms with E-state index in [0.717, 1.165) is 18.2 Å². The Kier molecular flexibility index (Phi) is 4.26. The molecule has 0 aliphatic carbocycles. The van der Waals surface area contributed by atoms with Crippen molar-refractivity contribution in [3.05, 3.63) is 58.4 Å². The second-order valence-electron chi connectivity index (χ2n) is 4.02. The van der Waals surface area contributed by atoms with E-state index in [1.54, 1.807) is 0 Å². The zero-order valence-corrected chi connectivity index (χ0v) is 10.5. The fraction of sp³-hybridized carbons (Fsp3) is 0. The maximum absolute atomic E-state index is 11.9. The zero-order valence-electron chi connectivity index (χ0n) is 10.5. The number of esters is 1. The van der Waals surface area contributed by atoms with Crippen LogP contribution < -0.4 is 10.2 Å². The molecule has 0 atom stereocenters. The molecule has 2 aromatic rings. The van der Waals surface area contributed by atoms with Crippen LogP contribution in [0.3, 0.4) is 0 Å². The third-order valence-electron chi connectivity index (χ3n) is 2.55. The van der Waals surface area contributed by atoms with Crippen molar-refractivity contribution in [3.63, 3.8) is 0 Å². The van der Waals surface area contributed by atoms with Gasteiger partial charge in [-0.05, 0) is 23.7 Å². The summed E-state index contributed by atoms with van der Waals surface area (Å²) < 4.78 is 5.01. The van der Waals surface area contributed by atoms with Gasteiger partial charge in [0.25, 0.3) is 5.69 Å². The van der Waals surface area contributed by atoms with Crippen LogP contribution in [0.4, 0.5) is 5.69 Å². The van der Waals surface area contributed by atoms with Gasteiger partial charge in [0, 0.05) is 24.5 Å². The van der Waals surface area contributed by atoms with Gasteiger partial charge >= 0.3 is 13.1 Å². The maximum atomic E-state index is 11.9. The summed E-state index contributed by atoms with van der Waals surface area (Å²) >= 11 is 0. The molecule has 21 heavy (non-hydrogen) atoms. The largest absolute Gasteiger partial charge is 0.488 e. The van der Waals surface area contributed by atoms with E-state index >= 15 is 0 Å². The normalized spacial score (nSPS) is 10.0. The minimum atomic E-state index is -1.93. The molecule has 106 valence electrons. The number of nitro groups is 1. The average Bonchev–Trinajstić information content (AvgIpc) is 2.47. The molecule has 9 heteroatoms. The van der Waals surface area contributed by atoms with E-state index in [1.807, 2.05) is 0 Å².